The zero-order valence-corrected chi connectivity index (χ0v) is 10.8. The molecule has 104 valence electrons. The summed E-state index contributed by atoms with van der Waals surface area (Å²) in [6, 6.07) is 6.66. The van der Waals surface area contributed by atoms with Gasteiger partial charge in [-0.25, -0.2) is 0 Å². The molecule has 0 heterocycles. The van der Waals surface area contributed by atoms with E-state index in [2.05, 4.69) is 0 Å². The van der Waals surface area contributed by atoms with Crippen molar-refractivity contribution in [3.8, 4) is 5.75 Å². The van der Waals surface area contributed by atoms with Crippen molar-refractivity contribution in [1.29, 1.82) is 0 Å². The summed E-state index contributed by atoms with van der Waals surface area (Å²) in [7, 11) is 0. The third-order valence-electron chi connectivity index (χ3n) is 2.63. The number of rotatable bonds is 8. The maximum atomic E-state index is 11.5. The van der Waals surface area contributed by atoms with Gasteiger partial charge in [0.2, 0.25) is 0 Å². The Labute approximate surface area is 112 Å². The summed E-state index contributed by atoms with van der Waals surface area (Å²) in [5.74, 6) is -0.559. The predicted molar refractivity (Wildman–Crippen MR) is 71.8 cm³/mol. The van der Waals surface area contributed by atoms with Gasteiger partial charge in [0, 0.05) is 18.5 Å². The molecular formula is C14H19NO4. The molecule has 0 atom stereocenters. The fraction of sp³-hybridized carbons (Fsp3) is 0.429. The number of carbonyl (C=O) groups is 2. The fourth-order valence-corrected chi connectivity index (χ4v) is 1.62. The number of carboxylic acids is 1. The van der Waals surface area contributed by atoms with Crippen LogP contribution >= 0.6 is 0 Å². The monoisotopic (exact) mass is 265 g/mol. The average Bonchev–Trinajstić information content (AvgIpc) is 2.36. The molecule has 0 radical (unpaired) electrons. The van der Waals surface area contributed by atoms with Crippen molar-refractivity contribution in [1.82, 2.24) is 0 Å². The van der Waals surface area contributed by atoms with Crippen molar-refractivity contribution in [3.63, 3.8) is 0 Å². The highest BCUT2D eigenvalue weighted by Crippen LogP contribution is 2.14. The second kappa shape index (κ2) is 8.13. The molecule has 1 aromatic rings. The normalized spacial score (nSPS) is 10.1. The van der Waals surface area contributed by atoms with Crippen LogP contribution in [0.5, 0.6) is 5.75 Å². The third kappa shape index (κ3) is 7.08. The number of benzene rings is 1. The minimum Gasteiger partial charge on any atom is -0.481 e. The lowest BCUT2D eigenvalue weighted by Crippen LogP contribution is -2.07. The van der Waals surface area contributed by atoms with Crippen LogP contribution in [-0.2, 0) is 9.59 Å². The number of ether oxygens (including phenoxy) is 1. The van der Waals surface area contributed by atoms with E-state index in [1.807, 2.05) is 0 Å². The van der Waals surface area contributed by atoms with Crippen molar-refractivity contribution >= 4 is 17.6 Å². The summed E-state index contributed by atoms with van der Waals surface area (Å²) in [5.41, 5.74) is 6.15. The van der Waals surface area contributed by atoms with E-state index in [1.54, 1.807) is 24.3 Å². The lowest BCUT2D eigenvalue weighted by atomic mass is 10.1. The van der Waals surface area contributed by atoms with Crippen LogP contribution in [0.4, 0.5) is 5.69 Å². The molecule has 19 heavy (non-hydrogen) atoms. The number of hydrogen-bond acceptors (Lipinski definition) is 4. The Hall–Kier alpha value is -2.04. The molecule has 0 unspecified atom stereocenters. The largest absolute Gasteiger partial charge is 0.481 e. The minimum absolute atomic E-state index is 0.190. The molecule has 0 spiro atoms. The van der Waals surface area contributed by atoms with E-state index >= 15 is 0 Å². The fourth-order valence-electron chi connectivity index (χ4n) is 1.62. The van der Waals surface area contributed by atoms with E-state index in [0.717, 1.165) is 12.8 Å². The smallest absolute Gasteiger partial charge is 0.311 e. The summed E-state index contributed by atoms with van der Waals surface area (Å²) >= 11 is 0. The summed E-state index contributed by atoms with van der Waals surface area (Å²) < 4.78 is 5.13. The van der Waals surface area contributed by atoms with Crippen LogP contribution in [0.1, 0.15) is 38.5 Å². The molecule has 3 N–H and O–H groups in total. The quantitative estimate of drug-likeness (QED) is 0.326. The van der Waals surface area contributed by atoms with Gasteiger partial charge in [-0.05, 0) is 37.1 Å². The van der Waals surface area contributed by atoms with Crippen LogP contribution in [0.25, 0.3) is 0 Å². The van der Waals surface area contributed by atoms with Gasteiger partial charge >= 0.3 is 11.9 Å². The van der Waals surface area contributed by atoms with Crippen LogP contribution in [0.3, 0.4) is 0 Å². The van der Waals surface area contributed by atoms with Gasteiger partial charge in [-0.3, -0.25) is 9.59 Å². The lowest BCUT2D eigenvalue weighted by molar-refractivity contribution is -0.137. The highest BCUT2D eigenvalue weighted by atomic mass is 16.5. The van der Waals surface area contributed by atoms with Gasteiger partial charge in [0.25, 0.3) is 0 Å². The first-order chi connectivity index (χ1) is 9.08. The molecular weight excluding hydrogens is 246 g/mol. The van der Waals surface area contributed by atoms with Gasteiger partial charge in [-0.2, -0.15) is 0 Å². The van der Waals surface area contributed by atoms with Gasteiger partial charge < -0.3 is 15.6 Å². The van der Waals surface area contributed by atoms with E-state index in [9.17, 15) is 9.59 Å². The molecule has 0 saturated carbocycles. The topological polar surface area (TPSA) is 89.6 Å². The molecule has 0 aromatic heterocycles. The summed E-state index contributed by atoms with van der Waals surface area (Å²) in [5, 5.41) is 8.46. The molecule has 0 saturated heterocycles. The van der Waals surface area contributed by atoms with Crippen molar-refractivity contribution in [2.75, 3.05) is 5.73 Å². The standard InChI is InChI=1S/C14H19NO4/c15-11-7-9-12(10-8-11)19-14(18)6-4-2-1-3-5-13(16)17/h7-10H,1-6,15H2,(H,16,17). The van der Waals surface area contributed by atoms with Crippen LogP contribution in [0.2, 0.25) is 0 Å². The van der Waals surface area contributed by atoms with Crippen LogP contribution < -0.4 is 10.5 Å². The summed E-state index contributed by atoms with van der Waals surface area (Å²) in [6.45, 7) is 0. The van der Waals surface area contributed by atoms with Crippen LogP contribution in [-0.4, -0.2) is 17.0 Å². The second-order valence-corrected chi connectivity index (χ2v) is 4.35. The van der Waals surface area contributed by atoms with Gasteiger partial charge in [0.1, 0.15) is 5.75 Å². The van der Waals surface area contributed by atoms with E-state index in [0.29, 0.717) is 30.7 Å². The first kappa shape index (κ1) is 15.0. The number of unbranched alkanes of at least 4 members (excludes halogenated alkanes) is 3. The van der Waals surface area contributed by atoms with Crippen LogP contribution in [0, 0.1) is 0 Å². The van der Waals surface area contributed by atoms with Crippen LogP contribution in [0.15, 0.2) is 24.3 Å². The number of nitrogens with two attached hydrogens (primary N) is 1. The SMILES string of the molecule is Nc1ccc(OC(=O)CCCCCCC(=O)O)cc1. The number of carboxylic acid groups (broad SMARTS) is 1. The Bertz CT molecular complexity index is 414. The van der Waals surface area contributed by atoms with Gasteiger partial charge in [0.05, 0.1) is 0 Å². The molecule has 5 heteroatoms. The molecule has 0 aliphatic rings. The zero-order valence-electron chi connectivity index (χ0n) is 10.8. The van der Waals surface area contributed by atoms with E-state index in [-0.39, 0.29) is 12.4 Å². The number of anilines is 1. The molecule has 5 nitrogen and oxygen atoms in total. The van der Waals surface area contributed by atoms with Gasteiger partial charge in [0.15, 0.2) is 0 Å². The molecule has 0 fully saturated rings. The molecule has 0 amide bonds. The highest BCUT2D eigenvalue weighted by molar-refractivity contribution is 5.72. The molecule has 1 rings (SSSR count). The number of esters is 1. The van der Waals surface area contributed by atoms with Crippen molar-refractivity contribution in [3.05, 3.63) is 24.3 Å². The van der Waals surface area contributed by atoms with E-state index in [4.69, 9.17) is 15.6 Å². The van der Waals surface area contributed by atoms with E-state index < -0.39 is 5.97 Å². The Balaban J connectivity index is 2.11. The Morgan fingerprint density at radius 1 is 1.00 bits per heavy atom. The van der Waals surface area contributed by atoms with Crippen molar-refractivity contribution < 1.29 is 19.4 Å². The number of aliphatic carboxylic acids is 1. The van der Waals surface area contributed by atoms with Crippen molar-refractivity contribution in [2.24, 2.45) is 0 Å². The Morgan fingerprint density at radius 2 is 1.58 bits per heavy atom. The number of nitrogen functional groups attached to an aromatic ring is 1. The molecule has 0 aliphatic heterocycles. The second-order valence-electron chi connectivity index (χ2n) is 4.35. The third-order valence-corrected chi connectivity index (χ3v) is 2.63. The predicted octanol–water partition coefficient (Wildman–Crippen LogP) is 2.60. The molecule has 0 bridgehead atoms. The number of carbonyl (C=O) groups excluding carboxylic acids is 1. The maximum Gasteiger partial charge on any atom is 0.311 e. The highest BCUT2D eigenvalue weighted by Gasteiger charge is 2.04. The first-order valence-electron chi connectivity index (χ1n) is 6.36. The molecule has 0 aliphatic carbocycles. The lowest BCUT2D eigenvalue weighted by Gasteiger charge is -2.04. The number of hydrogen-bond donors (Lipinski definition) is 2. The van der Waals surface area contributed by atoms with Gasteiger partial charge in [-0.1, -0.05) is 12.8 Å². The first-order valence-corrected chi connectivity index (χ1v) is 6.36. The summed E-state index contributed by atoms with van der Waals surface area (Å²) in [4.78, 5) is 21.8. The maximum absolute atomic E-state index is 11.5. The minimum atomic E-state index is -0.775. The Kier molecular flexibility index (Phi) is 6.43. The van der Waals surface area contributed by atoms with E-state index in [1.165, 1.54) is 0 Å². The zero-order chi connectivity index (χ0) is 14.1. The van der Waals surface area contributed by atoms with Crippen molar-refractivity contribution in [2.45, 2.75) is 38.5 Å². The Morgan fingerprint density at radius 3 is 2.16 bits per heavy atom. The molecule has 1 aromatic carbocycles. The average molecular weight is 265 g/mol. The summed E-state index contributed by atoms with van der Waals surface area (Å²) in [6.07, 6.45) is 3.56. The van der Waals surface area contributed by atoms with Gasteiger partial charge in [-0.15, -0.1) is 0 Å².